The van der Waals surface area contributed by atoms with Gasteiger partial charge in [0.25, 0.3) is 5.56 Å². The van der Waals surface area contributed by atoms with Gasteiger partial charge in [-0.15, -0.1) is 14.9 Å². The number of nitrogens with zero attached hydrogens (tertiary/aromatic N) is 5. The molecule has 0 saturated carbocycles. The number of hydrogen-bond donors (Lipinski definition) is 3. The van der Waals surface area contributed by atoms with E-state index in [0.29, 0.717) is 16.6 Å². The van der Waals surface area contributed by atoms with E-state index >= 15 is 0 Å². The third kappa shape index (κ3) is 3.14. The topological polar surface area (TPSA) is 129 Å². The van der Waals surface area contributed by atoms with E-state index in [1.54, 1.807) is 12.1 Å². The van der Waals surface area contributed by atoms with E-state index in [9.17, 15) is 14.8 Å². The van der Waals surface area contributed by atoms with Crippen LogP contribution in [0.4, 0.5) is 5.82 Å². The number of nitrogens with one attached hydrogen (secondary N) is 2. The Balaban J connectivity index is 1.69. The maximum Gasteiger partial charge on any atom is 0.294 e. The summed E-state index contributed by atoms with van der Waals surface area (Å²) in [5, 5.41) is 21.9. The summed E-state index contributed by atoms with van der Waals surface area (Å²) in [6.45, 7) is 1.95. The molecule has 3 aromatic heterocycles. The van der Waals surface area contributed by atoms with Crippen molar-refractivity contribution in [1.29, 1.82) is 0 Å². The normalized spacial score (nSPS) is 15.1. The van der Waals surface area contributed by atoms with Gasteiger partial charge in [-0.2, -0.15) is 0 Å². The monoisotopic (exact) mass is 369 g/mol. The van der Waals surface area contributed by atoms with Crippen molar-refractivity contribution >= 4 is 16.7 Å². The van der Waals surface area contributed by atoms with Crippen LogP contribution in [-0.2, 0) is 0 Å². The van der Waals surface area contributed by atoms with Crippen LogP contribution < -0.4 is 21.3 Å². The summed E-state index contributed by atoms with van der Waals surface area (Å²) in [7, 11) is 1.98. The van der Waals surface area contributed by atoms with Crippen LogP contribution in [0.15, 0.2) is 34.0 Å². The predicted octanol–water partition coefficient (Wildman–Crippen LogP) is -0.0327. The van der Waals surface area contributed by atoms with Gasteiger partial charge in [0.15, 0.2) is 5.82 Å². The van der Waals surface area contributed by atoms with Crippen LogP contribution in [0.25, 0.3) is 22.4 Å². The SMILES string of the molecule is CN(c1ccc(-c2nc3c[nH]c(=O)cc3c(=O)n2O)nn1)C1CCNCC1. The van der Waals surface area contributed by atoms with Gasteiger partial charge in [-0.3, -0.25) is 9.59 Å². The fourth-order valence-electron chi connectivity index (χ4n) is 3.28. The van der Waals surface area contributed by atoms with Crippen LogP contribution >= 0.6 is 0 Å². The molecule has 1 saturated heterocycles. The Hall–Kier alpha value is -3.27. The van der Waals surface area contributed by atoms with Crippen molar-refractivity contribution in [1.82, 2.24) is 30.2 Å². The van der Waals surface area contributed by atoms with Crippen molar-refractivity contribution < 1.29 is 5.21 Å². The Morgan fingerprint density at radius 1 is 1.22 bits per heavy atom. The highest BCUT2D eigenvalue weighted by Crippen LogP contribution is 2.20. The first kappa shape index (κ1) is 17.2. The molecule has 0 atom stereocenters. The zero-order valence-electron chi connectivity index (χ0n) is 14.7. The molecule has 0 amide bonds. The second-order valence-electron chi connectivity index (χ2n) is 6.52. The molecule has 0 aromatic carbocycles. The van der Waals surface area contributed by atoms with Gasteiger partial charge in [-0.1, -0.05) is 0 Å². The van der Waals surface area contributed by atoms with Gasteiger partial charge < -0.3 is 20.4 Å². The molecule has 3 aromatic rings. The van der Waals surface area contributed by atoms with E-state index in [-0.39, 0.29) is 22.4 Å². The largest absolute Gasteiger partial charge is 0.423 e. The standard InChI is InChI=1S/C17H19N7O3/c1-23(10-4-6-18-7-5-10)14-3-2-12(21-22-14)16-20-13-9-19-15(25)8-11(13)17(26)24(16)27/h2-3,8-10,18,27H,4-7H2,1H3,(H,19,25). The number of piperidine rings is 1. The fourth-order valence-corrected chi connectivity index (χ4v) is 3.28. The lowest BCUT2D eigenvalue weighted by molar-refractivity contribution is 0.178. The number of H-pyrrole nitrogens is 1. The van der Waals surface area contributed by atoms with E-state index in [2.05, 4.69) is 30.4 Å². The first-order valence-electron chi connectivity index (χ1n) is 8.67. The van der Waals surface area contributed by atoms with Crippen molar-refractivity contribution in [3.63, 3.8) is 0 Å². The number of rotatable bonds is 3. The van der Waals surface area contributed by atoms with Crippen LogP contribution in [0.2, 0.25) is 0 Å². The Labute approximate surface area is 153 Å². The molecule has 1 aliphatic rings. The van der Waals surface area contributed by atoms with Crippen molar-refractivity contribution in [2.24, 2.45) is 0 Å². The molecule has 0 unspecified atom stereocenters. The second-order valence-corrected chi connectivity index (χ2v) is 6.52. The van der Waals surface area contributed by atoms with Crippen LogP contribution in [0, 0.1) is 0 Å². The average molecular weight is 369 g/mol. The van der Waals surface area contributed by atoms with E-state index < -0.39 is 11.1 Å². The maximum absolute atomic E-state index is 12.3. The molecule has 0 spiro atoms. The quantitative estimate of drug-likeness (QED) is 0.549. The van der Waals surface area contributed by atoms with Gasteiger partial charge in [0.2, 0.25) is 11.4 Å². The van der Waals surface area contributed by atoms with Gasteiger partial charge in [-0.05, 0) is 38.1 Å². The molecule has 140 valence electrons. The van der Waals surface area contributed by atoms with Gasteiger partial charge in [0.05, 0.1) is 10.9 Å². The van der Waals surface area contributed by atoms with Crippen molar-refractivity contribution in [3.05, 3.63) is 45.1 Å². The Morgan fingerprint density at radius 3 is 2.70 bits per heavy atom. The lowest BCUT2D eigenvalue weighted by atomic mass is 10.1. The average Bonchev–Trinajstić information content (AvgIpc) is 2.71. The summed E-state index contributed by atoms with van der Waals surface area (Å²) in [5.41, 5.74) is -0.666. The Bertz CT molecular complexity index is 1080. The molecule has 4 rings (SSSR count). The number of fused-ring (bicyclic) bond motifs is 1. The molecular formula is C17H19N7O3. The van der Waals surface area contributed by atoms with Gasteiger partial charge >= 0.3 is 0 Å². The minimum absolute atomic E-state index is 0.0280. The van der Waals surface area contributed by atoms with Crippen molar-refractivity contribution in [3.8, 4) is 11.5 Å². The third-order valence-electron chi connectivity index (χ3n) is 4.85. The summed E-state index contributed by atoms with van der Waals surface area (Å²) < 4.78 is 0.391. The number of aromatic amines is 1. The first-order valence-corrected chi connectivity index (χ1v) is 8.67. The summed E-state index contributed by atoms with van der Waals surface area (Å²) in [5.74, 6) is 0.672. The maximum atomic E-state index is 12.3. The van der Waals surface area contributed by atoms with Gasteiger partial charge in [0.1, 0.15) is 5.69 Å². The molecule has 10 nitrogen and oxygen atoms in total. The Morgan fingerprint density at radius 2 is 2.00 bits per heavy atom. The molecule has 1 aliphatic heterocycles. The first-order chi connectivity index (χ1) is 13.0. The van der Waals surface area contributed by atoms with Crippen LogP contribution in [0.1, 0.15) is 12.8 Å². The highest BCUT2D eigenvalue weighted by molar-refractivity contribution is 5.78. The smallest absolute Gasteiger partial charge is 0.294 e. The molecule has 4 heterocycles. The molecule has 10 heteroatoms. The minimum atomic E-state index is -0.737. The van der Waals surface area contributed by atoms with E-state index in [1.165, 1.54) is 6.20 Å². The third-order valence-corrected chi connectivity index (χ3v) is 4.85. The van der Waals surface area contributed by atoms with E-state index in [4.69, 9.17) is 0 Å². The molecule has 1 fully saturated rings. The van der Waals surface area contributed by atoms with Crippen LogP contribution in [0.3, 0.4) is 0 Å². The van der Waals surface area contributed by atoms with Crippen molar-refractivity contribution in [2.45, 2.75) is 18.9 Å². The number of aromatic nitrogens is 5. The summed E-state index contributed by atoms with van der Waals surface area (Å²) in [4.78, 5) is 32.5. The molecule has 3 N–H and O–H groups in total. The molecular weight excluding hydrogens is 350 g/mol. The lowest BCUT2D eigenvalue weighted by Crippen LogP contribution is -2.41. The summed E-state index contributed by atoms with van der Waals surface area (Å²) in [6, 6.07) is 4.93. The summed E-state index contributed by atoms with van der Waals surface area (Å²) >= 11 is 0. The van der Waals surface area contributed by atoms with Gasteiger partial charge in [0, 0.05) is 25.4 Å². The molecule has 0 aliphatic carbocycles. The number of anilines is 1. The van der Waals surface area contributed by atoms with Crippen molar-refractivity contribution in [2.75, 3.05) is 25.0 Å². The predicted molar refractivity (Wildman–Crippen MR) is 99.1 cm³/mol. The number of hydrogen-bond acceptors (Lipinski definition) is 8. The van der Waals surface area contributed by atoms with E-state index in [1.807, 2.05) is 7.05 Å². The molecule has 0 radical (unpaired) electrons. The Kier molecular flexibility index (Phi) is 4.32. The second kappa shape index (κ2) is 6.80. The highest BCUT2D eigenvalue weighted by atomic mass is 16.5. The van der Waals surface area contributed by atoms with E-state index in [0.717, 1.165) is 32.0 Å². The van der Waals surface area contributed by atoms with Crippen LogP contribution in [-0.4, -0.2) is 56.3 Å². The minimum Gasteiger partial charge on any atom is -0.423 e. The highest BCUT2D eigenvalue weighted by Gasteiger charge is 2.20. The number of pyridine rings is 1. The summed E-state index contributed by atoms with van der Waals surface area (Å²) in [6.07, 6.45) is 3.39. The molecule has 27 heavy (non-hydrogen) atoms. The zero-order valence-corrected chi connectivity index (χ0v) is 14.7. The molecule has 0 bridgehead atoms. The van der Waals surface area contributed by atoms with Crippen LogP contribution in [0.5, 0.6) is 0 Å². The lowest BCUT2D eigenvalue weighted by Gasteiger charge is -2.32. The van der Waals surface area contributed by atoms with Gasteiger partial charge in [-0.25, -0.2) is 4.98 Å². The fraction of sp³-hybridized carbons (Fsp3) is 0.353. The zero-order chi connectivity index (χ0) is 19.0.